The first-order valence-corrected chi connectivity index (χ1v) is 13.6. The molecule has 0 aromatic heterocycles. The van der Waals surface area contributed by atoms with Gasteiger partial charge in [0.2, 0.25) is 0 Å². The molecule has 0 amide bonds. The second-order valence-corrected chi connectivity index (χ2v) is 10.4. The number of halogens is 1. The summed E-state index contributed by atoms with van der Waals surface area (Å²) in [6, 6.07) is 23.9. The highest BCUT2D eigenvalue weighted by atomic mass is 35.5. The minimum Gasteiger partial charge on any atom is -0.497 e. The molecule has 1 heterocycles. The van der Waals surface area contributed by atoms with Crippen molar-refractivity contribution in [3.8, 4) is 5.75 Å². The molecule has 1 saturated heterocycles. The Hall–Kier alpha value is -2.79. The van der Waals surface area contributed by atoms with E-state index in [1.807, 2.05) is 12.1 Å². The molecule has 0 atom stereocenters. The number of rotatable bonds is 7. The van der Waals surface area contributed by atoms with Crippen LogP contribution in [0.5, 0.6) is 5.75 Å². The van der Waals surface area contributed by atoms with Crippen LogP contribution in [0.4, 0.5) is 5.69 Å². The fourth-order valence-corrected chi connectivity index (χ4v) is 6.04. The largest absolute Gasteiger partial charge is 0.497 e. The predicted molar refractivity (Wildman–Crippen MR) is 152 cm³/mol. The maximum absolute atomic E-state index is 6.24. The van der Waals surface area contributed by atoms with Crippen LogP contribution in [-0.4, -0.2) is 40.7 Å². The normalized spacial score (nSPS) is 16.6. The number of hydrogen-bond acceptors (Lipinski definition) is 4. The van der Waals surface area contributed by atoms with Crippen LogP contribution in [0, 0.1) is 5.92 Å². The number of aryl methyl sites for hydroxylation is 1. The summed E-state index contributed by atoms with van der Waals surface area (Å²) in [6.07, 6.45) is 5.16. The second kappa shape index (κ2) is 11.7. The van der Waals surface area contributed by atoms with Crippen molar-refractivity contribution in [1.82, 2.24) is 0 Å². The first kappa shape index (κ1) is 25.8. The molecular formula is C32H36ClNO3. The van der Waals surface area contributed by atoms with E-state index in [0.29, 0.717) is 5.92 Å². The highest BCUT2D eigenvalue weighted by Crippen LogP contribution is 2.41. The Morgan fingerprint density at radius 1 is 0.811 bits per heavy atom. The Morgan fingerprint density at radius 3 is 2.14 bits per heavy atom. The smallest absolute Gasteiger partial charge is 0.159 e. The summed E-state index contributed by atoms with van der Waals surface area (Å²) in [4.78, 5) is 2.48. The zero-order valence-corrected chi connectivity index (χ0v) is 22.8. The number of allylic oxidation sites excluding steroid dienone is 1. The van der Waals surface area contributed by atoms with Crippen molar-refractivity contribution >= 4 is 28.4 Å². The van der Waals surface area contributed by atoms with E-state index >= 15 is 0 Å². The van der Waals surface area contributed by atoms with Gasteiger partial charge in [0.1, 0.15) is 5.75 Å². The third-order valence-electron chi connectivity index (χ3n) is 7.86. The second-order valence-electron chi connectivity index (χ2n) is 9.95. The maximum atomic E-state index is 6.24. The molecule has 0 spiro atoms. The summed E-state index contributed by atoms with van der Waals surface area (Å²) >= 11 is 6.24. The van der Waals surface area contributed by atoms with E-state index in [2.05, 4.69) is 59.5 Å². The van der Waals surface area contributed by atoms with E-state index in [0.717, 1.165) is 56.0 Å². The average molecular weight is 518 g/mol. The van der Waals surface area contributed by atoms with Gasteiger partial charge < -0.3 is 19.1 Å². The highest BCUT2D eigenvalue weighted by molar-refractivity contribution is 6.30. The van der Waals surface area contributed by atoms with Gasteiger partial charge in [-0.1, -0.05) is 41.9 Å². The molecule has 3 aromatic rings. The lowest BCUT2D eigenvalue weighted by Gasteiger charge is -2.36. The molecule has 5 rings (SSSR count). The minimum absolute atomic E-state index is 0.114. The molecule has 0 unspecified atom stereocenters. The van der Waals surface area contributed by atoms with Crippen molar-refractivity contribution in [2.24, 2.45) is 5.92 Å². The minimum atomic E-state index is -0.114. The molecule has 2 aliphatic rings. The van der Waals surface area contributed by atoms with Crippen molar-refractivity contribution in [2.45, 2.75) is 38.4 Å². The van der Waals surface area contributed by atoms with Crippen molar-refractivity contribution in [2.75, 3.05) is 39.3 Å². The number of anilines is 1. The van der Waals surface area contributed by atoms with Crippen LogP contribution in [0.2, 0.25) is 5.02 Å². The molecule has 1 aliphatic heterocycles. The highest BCUT2D eigenvalue weighted by Gasteiger charge is 2.27. The van der Waals surface area contributed by atoms with Crippen molar-refractivity contribution in [1.29, 1.82) is 0 Å². The lowest BCUT2D eigenvalue weighted by Crippen LogP contribution is -2.39. The third kappa shape index (κ3) is 5.57. The Bertz CT molecular complexity index is 1220. The monoisotopic (exact) mass is 517 g/mol. The van der Waals surface area contributed by atoms with Crippen LogP contribution in [0.3, 0.4) is 0 Å². The standard InChI is InChI=1S/C32H36ClNO3/c1-35-28-15-16-30-25(21-28)5-4-6-29(22-7-11-26(33)12-8-22)31(30)23-9-13-27(14-10-23)34-19-17-24(18-20-34)32(36-2)37-3/h7-16,21,24,32H,4-6,17-20H2,1-3H3. The van der Waals surface area contributed by atoms with Gasteiger partial charge in [-0.2, -0.15) is 0 Å². The zero-order valence-electron chi connectivity index (χ0n) is 22.0. The summed E-state index contributed by atoms with van der Waals surface area (Å²) < 4.78 is 16.6. The topological polar surface area (TPSA) is 30.9 Å². The first-order valence-electron chi connectivity index (χ1n) is 13.2. The van der Waals surface area contributed by atoms with E-state index in [4.69, 9.17) is 25.8 Å². The summed E-state index contributed by atoms with van der Waals surface area (Å²) in [5.41, 5.74) is 9.07. The lowest BCUT2D eigenvalue weighted by molar-refractivity contribution is -0.141. The molecule has 3 aromatic carbocycles. The van der Waals surface area contributed by atoms with Crippen molar-refractivity contribution < 1.29 is 14.2 Å². The molecule has 0 saturated carbocycles. The van der Waals surface area contributed by atoms with Gasteiger partial charge in [0.25, 0.3) is 0 Å². The van der Waals surface area contributed by atoms with Crippen molar-refractivity contribution in [3.05, 3.63) is 94.0 Å². The van der Waals surface area contributed by atoms with E-state index in [1.165, 1.54) is 39.1 Å². The summed E-state index contributed by atoms with van der Waals surface area (Å²) in [5, 5.41) is 0.764. The van der Waals surface area contributed by atoms with Crippen LogP contribution in [0.1, 0.15) is 47.9 Å². The van der Waals surface area contributed by atoms with Crippen LogP contribution in [0.15, 0.2) is 66.7 Å². The first-order chi connectivity index (χ1) is 18.1. The molecule has 194 valence electrons. The summed E-state index contributed by atoms with van der Waals surface area (Å²) in [5.74, 6) is 1.35. The van der Waals surface area contributed by atoms with Crippen LogP contribution in [-0.2, 0) is 15.9 Å². The summed E-state index contributed by atoms with van der Waals surface area (Å²) in [7, 11) is 5.20. The molecule has 1 aliphatic carbocycles. The van der Waals surface area contributed by atoms with Crippen molar-refractivity contribution in [3.63, 3.8) is 0 Å². The van der Waals surface area contributed by atoms with Crippen LogP contribution < -0.4 is 9.64 Å². The fraction of sp³-hybridized carbons (Fsp3) is 0.375. The molecular weight excluding hydrogens is 482 g/mol. The van der Waals surface area contributed by atoms with Gasteiger partial charge in [-0.25, -0.2) is 0 Å². The number of nitrogens with zero attached hydrogens (tertiary/aromatic N) is 1. The number of hydrogen-bond donors (Lipinski definition) is 0. The zero-order chi connectivity index (χ0) is 25.8. The third-order valence-corrected chi connectivity index (χ3v) is 8.11. The van der Waals surface area contributed by atoms with Gasteiger partial charge in [-0.05, 0) is 102 Å². The number of methoxy groups -OCH3 is 3. The lowest BCUT2D eigenvalue weighted by atomic mass is 9.87. The number of benzene rings is 3. The molecule has 0 N–H and O–H groups in total. The van der Waals surface area contributed by atoms with Gasteiger partial charge in [-0.15, -0.1) is 0 Å². The number of ether oxygens (including phenoxy) is 3. The molecule has 4 nitrogen and oxygen atoms in total. The van der Waals surface area contributed by atoms with Gasteiger partial charge >= 0.3 is 0 Å². The van der Waals surface area contributed by atoms with Crippen LogP contribution in [0.25, 0.3) is 11.1 Å². The molecule has 5 heteroatoms. The average Bonchev–Trinajstić information content (AvgIpc) is 3.14. The van der Waals surface area contributed by atoms with Gasteiger partial charge in [0, 0.05) is 43.9 Å². The molecule has 0 radical (unpaired) electrons. The Balaban J connectivity index is 1.49. The number of piperidine rings is 1. The van der Waals surface area contributed by atoms with Gasteiger partial charge in [0.15, 0.2) is 6.29 Å². The van der Waals surface area contributed by atoms with Gasteiger partial charge in [-0.3, -0.25) is 0 Å². The Labute approximate surface area is 225 Å². The van der Waals surface area contributed by atoms with E-state index < -0.39 is 0 Å². The quantitative estimate of drug-likeness (QED) is 0.304. The van der Waals surface area contributed by atoms with E-state index in [1.54, 1.807) is 21.3 Å². The summed E-state index contributed by atoms with van der Waals surface area (Å²) in [6.45, 7) is 2.02. The van der Waals surface area contributed by atoms with E-state index in [9.17, 15) is 0 Å². The molecule has 1 fully saturated rings. The predicted octanol–water partition coefficient (Wildman–Crippen LogP) is 7.48. The maximum Gasteiger partial charge on any atom is 0.159 e. The Kier molecular flexibility index (Phi) is 8.19. The number of fused-ring (bicyclic) bond motifs is 1. The van der Waals surface area contributed by atoms with Crippen LogP contribution >= 0.6 is 11.6 Å². The molecule has 37 heavy (non-hydrogen) atoms. The molecule has 0 bridgehead atoms. The SMILES string of the molecule is COc1ccc2c(c1)CCCC(c1ccc(Cl)cc1)=C2c1ccc(N2CCC(C(OC)OC)CC2)cc1. The van der Waals surface area contributed by atoms with E-state index in [-0.39, 0.29) is 6.29 Å². The Morgan fingerprint density at radius 2 is 1.49 bits per heavy atom. The van der Waals surface area contributed by atoms with Gasteiger partial charge in [0.05, 0.1) is 7.11 Å². The fourth-order valence-electron chi connectivity index (χ4n) is 5.91.